The van der Waals surface area contributed by atoms with Crippen molar-refractivity contribution in [1.29, 1.82) is 0 Å². The van der Waals surface area contributed by atoms with Gasteiger partial charge in [0.2, 0.25) is 0 Å². The summed E-state index contributed by atoms with van der Waals surface area (Å²) in [7, 11) is 0. The number of carbonyl (C=O) groups excluding carboxylic acids is 1. The average Bonchev–Trinajstić information content (AvgIpc) is 1.82. The Labute approximate surface area is 61.6 Å². The minimum absolute atomic E-state index is 0.000556. The number of hydrogen-bond donors (Lipinski definition) is 0. The molecule has 1 fully saturated rings. The molecule has 0 amide bonds. The van der Waals surface area contributed by atoms with Gasteiger partial charge in [-0.3, -0.25) is 4.79 Å². The van der Waals surface area contributed by atoms with Gasteiger partial charge in [0.25, 0.3) is 0 Å². The molecule has 0 aromatic carbocycles. The van der Waals surface area contributed by atoms with Gasteiger partial charge in [-0.2, -0.15) is 0 Å². The fraction of sp³-hybridized carbons (Fsp3) is 0.875. The molecule has 0 atom stereocenters. The van der Waals surface area contributed by atoms with E-state index in [9.17, 15) is 4.79 Å². The topological polar surface area (TPSA) is 26.3 Å². The highest BCUT2D eigenvalue weighted by Crippen LogP contribution is 2.33. The van der Waals surface area contributed by atoms with Crippen molar-refractivity contribution in [3.63, 3.8) is 0 Å². The highest BCUT2D eigenvalue weighted by Gasteiger charge is 2.32. The lowest BCUT2D eigenvalue weighted by atomic mass is 9.76. The molecule has 1 saturated carbocycles. The van der Waals surface area contributed by atoms with Crippen LogP contribution in [0.15, 0.2) is 0 Å². The highest BCUT2D eigenvalue weighted by atomic mass is 16.5. The molecule has 0 aromatic rings. The fourth-order valence-corrected chi connectivity index (χ4v) is 1.35. The van der Waals surface area contributed by atoms with Crippen LogP contribution in [-0.4, -0.2) is 12.6 Å². The molecule has 1 aliphatic rings. The Hall–Kier alpha value is -0.530. The Kier molecular flexibility index (Phi) is 2.30. The van der Waals surface area contributed by atoms with Gasteiger partial charge < -0.3 is 4.74 Å². The van der Waals surface area contributed by atoms with Crippen molar-refractivity contribution in [3.05, 3.63) is 0 Å². The lowest BCUT2D eigenvalue weighted by molar-refractivity contribution is -0.152. The molecule has 2 heteroatoms. The zero-order valence-electron chi connectivity index (χ0n) is 6.59. The third-order valence-electron chi connectivity index (χ3n) is 1.99. The third kappa shape index (κ3) is 1.49. The number of esters is 1. The standard InChI is InChI=1S/C8H14O2/c1-3-10-8(9)7-4-6(2)5-7/h6-7H,3-5H2,1-2H3. The molecule has 0 unspecified atom stereocenters. The summed E-state index contributed by atoms with van der Waals surface area (Å²) in [4.78, 5) is 10.9. The molecule has 2 nitrogen and oxygen atoms in total. The van der Waals surface area contributed by atoms with E-state index in [0.29, 0.717) is 6.61 Å². The van der Waals surface area contributed by atoms with Gasteiger partial charge in [-0.15, -0.1) is 0 Å². The Morgan fingerprint density at radius 3 is 2.60 bits per heavy atom. The largest absolute Gasteiger partial charge is 0.466 e. The summed E-state index contributed by atoms with van der Waals surface area (Å²) < 4.78 is 4.86. The fourth-order valence-electron chi connectivity index (χ4n) is 1.35. The summed E-state index contributed by atoms with van der Waals surface area (Å²) in [5.41, 5.74) is 0. The van der Waals surface area contributed by atoms with Crippen LogP contribution in [0.2, 0.25) is 0 Å². The van der Waals surface area contributed by atoms with Crippen LogP contribution < -0.4 is 0 Å². The van der Waals surface area contributed by atoms with Gasteiger partial charge in [-0.25, -0.2) is 0 Å². The maximum absolute atomic E-state index is 10.9. The highest BCUT2D eigenvalue weighted by molar-refractivity contribution is 5.73. The summed E-state index contributed by atoms with van der Waals surface area (Å²) >= 11 is 0. The molecule has 0 N–H and O–H groups in total. The van der Waals surface area contributed by atoms with E-state index in [1.165, 1.54) is 0 Å². The van der Waals surface area contributed by atoms with Gasteiger partial charge >= 0.3 is 5.97 Å². The van der Waals surface area contributed by atoms with E-state index in [1.54, 1.807) is 0 Å². The SMILES string of the molecule is CCOC(=O)C1CC(C)C1. The smallest absolute Gasteiger partial charge is 0.308 e. The maximum atomic E-state index is 10.9. The molecule has 0 bridgehead atoms. The molecule has 0 spiro atoms. The molecule has 0 radical (unpaired) electrons. The Bertz CT molecular complexity index is 125. The van der Waals surface area contributed by atoms with Crippen molar-refractivity contribution < 1.29 is 9.53 Å². The number of rotatable bonds is 2. The zero-order valence-corrected chi connectivity index (χ0v) is 6.59. The van der Waals surface area contributed by atoms with E-state index >= 15 is 0 Å². The van der Waals surface area contributed by atoms with Crippen LogP contribution in [0, 0.1) is 11.8 Å². The summed E-state index contributed by atoms with van der Waals surface area (Å²) in [6.45, 7) is 4.53. The summed E-state index contributed by atoms with van der Waals surface area (Å²) in [6.07, 6.45) is 2.05. The zero-order chi connectivity index (χ0) is 7.56. The Morgan fingerprint density at radius 2 is 2.20 bits per heavy atom. The Morgan fingerprint density at radius 1 is 1.60 bits per heavy atom. The molecule has 1 aliphatic carbocycles. The van der Waals surface area contributed by atoms with Gasteiger partial charge in [0.1, 0.15) is 0 Å². The second-order valence-corrected chi connectivity index (χ2v) is 3.03. The predicted octanol–water partition coefficient (Wildman–Crippen LogP) is 1.60. The molecule has 0 heterocycles. The van der Waals surface area contributed by atoms with Crippen LogP contribution >= 0.6 is 0 Å². The van der Waals surface area contributed by atoms with Crippen molar-refractivity contribution in [2.45, 2.75) is 26.7 Å². The molecule has 0 saturated heterocycles. The van der Waals surface area contributed by atoms with Gasteiger partial charge in [0.15, 0.2) is 0 Å². The maximum Gasteiger partial charge on any atom is 0.308 e. The van der Waals surface area contributed by atoms with Crippen LogP contribution in [0.3, 0.4) is 0 Å². The molecular formula is C8H14O2. The van der Waals surface area contributed by atoms with Gasteiger partial charge in [0.05, 0.1) is 12.5 Å². The van der Waals surface area contributed by atoms with Crippen molar-refractivity contribution in [2.24, 2.45) is 11.8 Å². The molecule has 58 valence electrons. The van der Waals surface area contributed by atoms with Crippen LogP contribution in [-0.2, 0) is 9.53 Å². The van der Waals surface area contributed by atoms with Crippen molar-refractivity contribution in [3.8, 4) is 0 Å². The minimum Gasteiger partial charge on any atom is -0.466 e. The second-order valence-electron chi connectivity index (χ2n) is 3.03. The number of carbonyl (C=O) groups is 1. The second kappa shape index (κ2) is 3.04. The number of ether oxygens (including phenoxy) is 1. The molecule has 10 heavy (non-hydrogen) atoms. The van der Waals surface area contributed by atoms with Gasteiger partial charge in [0, 0.05) is 0 Å². The lowest BCUT2D eigenvalue weighted by Gasteiger charge is -2.30. The van der Waals surface area contributed by atoms with Crippen LogP contribution in [0.1, 0.15) is 26.7 Å². The van der Waals surface area contributed by atoms with E-state index in [0.717, 1.165) is 18.8 Å². The average molecular weight is 142 g/mol. The first kappa shape index (κ1) is 7.58. The molecule has 1 rings (SSSR count). The predicted molar refractivity (Wildman–Crippen MR) is 38.5 cm³/mol. The van der Waals surface area contributed by atoms with E-state index in [1.807, 2.05) is 6.92 Å². The quantitative estimate of drug-likeness (QED) is 0.547. The molecule has 0 aliphatic heterocycles. The van der Waals surface area contributed by atoms with Crippen molar-refractivity contribution >= 4 is 5.97 Å². The van der Waals surface area contributed by atoms with E-state index in [-0.39, 0.29) is 11.9 Å². The lowest BCUT2D eigenvalue weighted by Crippen LogP contribution is -2.30. The molecular weight excluding hydrogens is 128 g/mol. The van der Waals surface area contributed by atoms with Crippen LogP contribution in [0.5, 0.6) is 0 Å². The first-order valence-electron chi connectivity index (χ1n) is 3.90. The van der Waals surface area contributed by atoms with E-state index < -0.39 is 0 Å². The number of hydrogen-bond acceptors (Lipinski definition) is 2. The normalized spacial score (nSPS) is 31.0. The van der Waals surface area contributed by atoms with Gasteiger partial charge in [-0.05, 0) is 25.7 Å². The van der Waals surface area contributed by atoms with Crippen LogP contribution in [0.25, 0.3) is 0 Å². The first-order valence-corrected chi connectivity index (χ1v) is 3.90. The van der Waals surface area contributed by atoms with E-state index in [4.69, 9.17) is 4.74 Å². The summed E-state index contributed by atoms with van der Waals surface area (Å²) in [5.74, 6) is 0.949. The summed E-state index contributed by atoms with van der Waals surface area (Å²) in [6, 6.07) is 0. The summed E-state index contributed by atoms with van der Waals surface area (Å²) in [5, 5.41) is 0. The monoisotopic (exact) mass is 142 g/mol. The van der Waals surface area contributed by atoms with E-state index in [2.05, 4.69) is 6.92 Å². The third-order valence-corrected chi connectivity index (χ3v) is 1.99. The van der Waals surface area contributed by atoms with Crippen molar-refractivity contribution in [2.75, 3.05) is 6.61 Å². The van der Waals surface area contributed by atoms with Crippen molar-refractivity contribution in [1.82, 2.24) is 0 Å². The molecule has 0 aromatic heterocycles. The minimum atomic E-state index is 0.000556. The Balaban J connectivity index is 2.18. The van der Waals surface area contributed by atoms with Crippen LogP contribution in [0.4, 0.5) is 0 Å². The first-order chi connectivity index (χ1) is 4.74. The van der Waals surface area contributed by atoms with Gasteiger partial charge in [-0.1, -0.05) is 6.92 Å².